The number of para-hydroxylation sites is 1. The molecule has 0 aliphatic rings. The molecule has 6 heteroatoms. The summed E-state index contributed by atoms with van der Waals surface area (Å²) >= 11 is 0. The van der Waals surface area contributed by atoms with Gasteiger partial charge in [-0.15, -0.1) is 0 Å². The zero-order valence-corrected chi connectivity index (χ0v) is 17.3. The van der Waals surface area contributed by atoms with Gasteiger partial charge in [-0.2, -0.15) is 0 Å². The van der Waals surface area contributed by atoms with Crippen LogP contribution in [0.2, 0.25) is 0 Å². The van der Waals surface area contributed by atoms with E-state index in [1.807, 2.05) is 37.3 Å². The van der Waals surface area contributed by atoms with Crippen LogP contribution in [-0.2, 0) is 11.3 Å². The Bertz CT molecular complexity index is 1290. The van der Waals surface area contributed by atoms with Gasteiger partial charge in [0.2, 0.25) is 5.91 Å². The summed E-state index contributed by atoms with van der Waals surface area (Å²) in [5.74, 6) is -0.893. The molecule has 0 radical (unpaired) electrons. The zero-order valence-electron chi connectivity index (χ0n) is 17.3. The Balaban J connectivity index is 1.75. The van der Waals surface area contributed by atoms with E-state index in [1.54, 1.807) is 41.0 Å². The molecule has 156 valence electrons. The Hall–Kier alpha value is -3.93. The number of hydrogen-bond acceptors (Lipinski definition) is 2. The number of nitrogens with one attached hydrogen (secondary N) is 2. The molecule has 1 aromatic heterocycles. The lowest BCUT2D eigenvalue weighted by Gasteiger charge is -2.15. The summed E-state index contributed by atoms with van der Waals surface area (Å²) in [6.07, 6.45) is 0. The molecule has 5 nitrogen and oxygen atoms in total. The third-order valence-electron chi connectivity index (χ3n) is 5.06. The van der Waals surface area contributed by atoms with Crippen molar-refractivity contribution < 1.29 is 14.0 Å². The van der Waals surface area contributed by atoms with E-state index in [0.29, 0.717) is 22.6 Å². The van der Waals surface area contributed by atoms with E-state index >= 15 is 0 Å². The van der Waals surface area contributed by atoms with Gasteiger partial charge in [0.1, 0.15) is 11.5 Å². The largest absolute Gasteiger partial charge is 0.332 e. The van der Waals surface area contributed by atoms with Crippen molar-refractivity contribution in [1.82, 2.24) is 4.57 Å². The molecule has 0 spiro atoms. The van der Waals surface area contributed by atoms with Gasteiger partial charge < -0.3 is 15.2 Å². The second-order valence-electron chi connectivity index (χ2n) is 7.45. The normalized spacial score (nSPS) is 10.8. The number of halogens is 1. The Morgan fingerprint density at radius 2 is 1.65 bits per heavy atom. The number of nitrogens with zero attached hydrogens (tertiary/aromatic N) is 1. The fraction of sp³-hybridized carbons (Fsp3) is 0.120. The minimum Gasteiger partial charge on any atom is -0.332 e. The molecule has 3 aromatic carbocycles. The van der Waals surface area contributed by atoms with Crippen LogP contribution >= 0.6 is 0 Å². The van der Waals surface area contributed by atoms with Crippen LogP contribution < -0.4 is 10.6 Å². The SMILES string of the molecule is CC(=O)Nc1ccc(C)cc1NC(=O)c1cc2ccccc2n1Cc1ccccc1F. The fourth-order valence-electron chi connectivity index (χ4n) is 3.61. The van der Waals surface area contributed by atoms with Crippen LogP contribution in [0.3, 0.4) is 0 Å². The predicted molar refractivity (Wildman–Crippen MR) is 121 cm³/mol. The van der Waals surface area contributed by atoms with Gasteiger partial charge in [0.25, 0.3) is 5.91 Å². The highest BCUT2D eigenvalue weighted by Gasteiger charge is 2.18. The number of hydrogen-bond donors (Lipinski definition) is 2. The number of anilines is 2. The first kappa shape index (κ1) is 20.3. The van der Waals surface area contributed by atoms with Crippen LogP contribution in [-0.4, -0.2) is 16.4 Å². The van der Waals surface area contributed by atoms with E-state index in [0.717, 1.165) is 16.5 Å². The Morgan fingerprint density at radius 3 is 2.42 bits per heavy atom. The number of carbonyl (C=O) groups is 2. The monoisotopic (exact) mass is 415 g/mol. The highest BCUT2D eigenvalue weighted by atomic mass is 19.1. The van der Waals surface area contributed by atoms with Crippen LogP contribution in [0.25, 0.3) is 10.9 Å². The van der Waals surface area contributed by atoms with E-state index in [9.17, 15) is 14.0 Å². The molecule has 0 bridgehead atoms. The van der Waals surface area contributed by atoms with Crippen LogP contribution in [0.4, 0.5) is 15.8 Å². The average Bonchev–Trinajstić information content (AvgIpc) is 3.10. The molecule has 0 atom stereocenters. The molecule has 2 N–H and O–H groups in total. The quantitative estimate of drug-likeness (QED) is 0.462. The molecule has 0 fully saturated rings. The number of benzene rings is 3. The van der Waals surface area contributed by atoms with E-state index in [4.69, 9.17) is 0 Å². The van der Waals surface area contributed by atoms with Gasteiger partial charge in [-0.3, -0.25) is 9.59 Å². The van der Waals surface area contributed by atoms with Crippen molar-refractivity contribution in [2.75, 3.05) is 10.6 Å². The molecule has 4 aromatic rings. The molecule has 0 saturated carbocycles. The first-order valence-electron chi connectivity index (χ1n) is 9.93. The number of carbonyl (C=O) groups excluding carboxylic acids is 2. The summed E-state index contributed by atoms with van der Waals surface area (Å²) in [7, 11) is 0. The molecule has 0 unspecified atom stereocenters. The maximum Gasteiger partial charge on any atom is 0.272 e. The molecule has 1 heterocycles. The lowest BCUT2D eigenvalue weighted by atomic mass is 10.1. The first-order valence-corrected chi connectivity index (χ1v) is 9.93. The number of aryl methyl sites for hydroxylation is 1. The summed E-state index contributed by atoms with van der Waals surface area (Å²) in [6.45, 7) is 3.54. The third kappa shape index (κ3) is 4.33. The van der Waals surface area contributed by atoms with Crippen molar-refractivity contribution in [2.24, 2.45) is 0 Å². The maximum atomic E-state index is 14.3. The molecule has 0 aliphatic carbocycles. The standard InChI is InChI=1S/C25H22FN3O2/c1-16-11-12-21(27-17(2)30)22(13-16)28-25(31)24-14-18-7-4-6-10-23(18)29(24)15-19-8-3-5-9-20(19)26/h3-14H,15H2,1-2H3,(H,27,30)(H,28,31). The molecule has 4 rings (SSSR count). The minimum atomic E-state index is -0.343. The third-order valence-corrected chi connectivity index (χ3v) is 5.06. The predicted octanol–water partition coefficient (Wildman–Crippen LogP) is 5.35. The second kappa shape index (κ2) is 8.44. The van der Waals surface area contributed by atoms with Crippen LogP contribution in [0.1, 0.15) is 28.5 Å². The van der Waals surface area contributed by atoms with Gasteiger partial charge in [0.15, 0.2) is 0 Å². The summed E-state index contributed by atoms with van der Waals surface area (Å²) < 4.78 is 16.1. The van der Waals surface area contributed by atoms with Gasteiger partial charge in [0.05, 0.1) is 17.9 Å². The second-order valence-corrected chi connectivity index (χ2v) is 7.45. The first-order chi connectivity index (χ1) is 14.9. The van der Waals surface area contributed by atoms with Crippen molar-refractivity contribution in [3.05, 3.63) is 95.4 Å². The molecule has 31 heavy (non-hydrogen) atoms. The topological polar surface area (TPSA) is 63.1 Å². The van der Waals surface area contributed by atoms with E-state index in [-0.39, 0.29) is 24.2 Å². The molecule has 2 amide bonds. The Labute approximate surface area is 179 Å². The van der Waals surface area contributed by atoms with Crippen molar-refractivity contribution in [1.29, 1.82) is 0 Å². The summed E-state index contributed by atoms with van der Waals surface area (Å²) in [4.78, 5) is 24.8. The van der Waals surface area contributed by atoms with Gasteiger partial charge in [-0.1, -0.05) is 42.5 Å². The van der Waals surface area contributed by atoms with E-state index < -0.39 is 0 Å². The van der Waals surface area contributed by atoms with E-state index in [1.165, 1.54) is 13.0 Å². The van der Waals surface area contributed by atoms with Gasteiger partial charge in [-0.25, -0.2) is 4.39 Å². The maximum absolute atomic E-state index is 14.3. The lowest BCUT2D eigenvalue weighted by molar-refractivity contribution is -0.114. The molecular formula is C25H22FN3O2. The van der Waals surface area contributed by atoms with Crippen molar-refractivity contribution >= 4 is 34.1 Å². The van der Waals surface area contributed by atoms with Gasteiger partial charge >= 0.3 is 0 Å². The smallest absolute Gasteiger partial charge is 0.272 e. The van der Waals surface area contributed by atoms with Crippen LogP contribution in [0.15, 0.2) is 72.8 Å². The van der Waals surface area contributed by atoms with Gasteiger partial charge in [-0.05, 0) is 42.8 Å². The summed E-state index contributed by atoms with van der Waals surface area (Å²) in [5, 5.41) is 6.53. The highest BCUT2D eigenvalue weighted by Crippen LogP contribution is 2.26. The van der Waals surface area contributed by atoms with Crippen LogP contribution in [0.5, 0.6) is 0 Å². The van der Waals surface area contributed by atoms with Crippen molar-refractivity contribution in [3.63, 3.8) is 0 Å². The fourth-order valence-corrected chi connectivity index (χ4v) is 3.61. The number of amides is 2. The number of rotatable bonds is 5. The summed E-state index contributed by atoms with van der Waals surface area (Å²) in [5.41, 5.74) is 3.69. The van der Waals surface area contributed by atoms with Crippen LogP contribution in [0, 0.1) is 12.7 Å². The van der Waals surface area contributed by atoms with Crippen molar-refractivity contribution in [3.8, 4) is 0 Å². The summed E-state index contributed by atoms with van der Waals surface area (Å²) in [6, 6.07) is 21.3. The Morgan fingerprint density at radius 1 is 0.903 bits per heavy atom. The van der Waals surface area contributed by atoms with Crippen molar-refractivity contribution in [2.45, 2.75) is 20.4 Å². The number of fused-ring (bicyclic) bond motifs is 1. The molecule has 0 saturated heterocycles. The lowest BCUT2D eigenvalue weighted by Crippen LogP contribution is -2.19. The Kier molecular flexibility index (Phi) is 5.54. The highest BCUT2D eigenvalue weighted by molar-refractivity contribution is 6.08. The molecule has 0 aliphatic heterocycles. The van der Waals surface area contributed by atoms with E-state index in [2.05, 4.69) is 10.6 Å². The number of aromatic nitrogens is 1. The van der Waals surface area contributed by atoms with Gasteiger partial charge in [0, 0.05) is 23.4 Å². The zero-order chi connectivity index (χ0) is 22.0. The average molecular weight is 415 g/mol. The molecular weight excluding hydrogens is 393 g/mol. The minimum absolute atomic E-state index is 0.218.